The fourth-order valence-electron chi connectivity index (χ4n) is 3.42. The van der Waals surface area contributed by atoms with Crippen LogP contribution in [0.15, 0.2) is 48.5 Å². The second-order valence-corrected chi connectivity index (χ2v) is 6.56. The van der Waals surface area contributed by atoms with Crippen molar-refractivity contribution in [3.8, 4) is 5.75 Å². The third kappa shape index (κ3) is 3.48. The van der Waals surface area contributed by atoms with E-state index in [1.54, 1.807) is 35.2 Å². The first-order valence-electron chi connectivity index (χ1n) is 8.85. The van der Waals surface area contributed by atoms with Crippen LogP contribution in [0.5, 0.6) is 5.75 Å². The van der Waals surface area contributed by atoms with E-state index in [0.29, 0.717) is 35.7 Å². The van der Waals surface area contributed by atoms with Crippen LogP contribution in [0.1, 0.15) is 23.2 Å². The van der Waals surface area contributed by atoms with Crippen LogP contribution in [-0.4, -0.2) is 41.8 Å². The van der Waals surface area contributed by atoms with Crippen molar-refractivity contribution in [3.05, 3.63) is 54.1 Å². The summed E-state index contributed by atoms with van der Waals surface area (Å²) in [4.78, 5) is 38.8. The van der Waals surface area contributed by atoms with Crippen molar-refractivity contribution >= 4 is 29.1 Å². The van der Waals surface area contributed by atoms with E-state index in [-0.39, 0.29) is 24.3 Å². The first kappa shape index (κ1) is 17.1. The maximum atomic E-state index is 12.8. The van der Waals surface area contributed by atoms with Crippen molar-refractivity contribution in [2.45, 2.75) is 18.9 Å². The molecule has 3 amide bonds. The number of para-hydroxylation sites is 1. The van der Waals surface area contributed by atoms with Crippen molar-refractivity contribution in [1.82, 2.24) is 4.90 Å². The number of hydrogen-bond donors (Lipinski definition) is 2. The van der Waals surface area contributed by atoms with Crippen molar-refractivity contribution < 1.29 is 19.1 Å². The van der Waals surface area contributed by atoms with Gasteiger partial charge in [0.1, 0.15) is 11.8 Å². The third-order valence-corrected chi connectivity index (χ3v) is 4.72. The highest BCUT2D eigenvalue weighted by Crippen LogP contribution is 2.30. The highest BCUT2D eigenvalue weighted by molar-refractivity contribution is 6.11. The lowest BCUT2D eigenvalue weighted by molar-refractivity contribution is -0.119. The predicted octanol–water partition coefficient (Wildman–Crippen LogP) is 2.26. The van der Waals surface area contributed by atoms with Gasteiger partial charge in [0.15, 0.2) is 6.61 Å². The number of nitrogens with one attached hydrogen (secondary N) is 2. The fraction of sp³-hybridized carbons (Fsp3) is 0.250. The van der Waals surface area contributed by atoms with Crippen molar-refractivity contribution in [1.29, 1.82) is 0 Å². The highest BCUT2D eigenvalue weighted by Gasteiger charge is 2.38. The summed E-state index contributed by atoms with van der Waals surface area (Å²) >= 11 is 0. The Labute approximate surface area is 156 Å². The van der Waals surface area contributed by atoms with Crippen molar-refractivity contribution in [3.63, 3.8) is 0 Å². The number of amides is 3. The number of carbonyl (C=O) groups is 3. The Morgan fingerprint density at radius 2 is 2.00 bits per heavy atom. The summed E-state index contributed by atoms with van der Waals surface area (Å²) in [5, 5.41) is 5.54. The van der Waals surface area contributed by atoms with E-state index in [9.17, 15) is 14.4 Å². The molecule has 27 heavy (non-hydrogen) atoms. The zero-order chi connectivity index (χ0) is 18.8. The number of nitrogens with zero attached hydrogens (tertiary/aromatic N) is 1. The van der Waals surface area contributed by atoms with Gasteiger partial charge in [0.2, 0.25) is 5.91 Å². The molecule has 0 bridgehead atoms. The maximum Gasteiger partial charge on any atom is 0.262 e. The van der Waals surface area contributed by atoms with Crippen LogP contribution in [0, 0.1) is 0 Å². The molecule has 0 aliphatic carbocycles. The second kappa shape index (κ2) is 7.11. The zero-order valence-electron chi connectivity index (χ0n) is 14.6. The van der Waals surface area contributed by atoms with Crippen LogP contribution in [0.3, 0.4) is 0 Å². The van der Waals surface area contributed by atoms with Gasteiger partial charge in [-0.3, -0.25) is 14.4 Å². The average molecular weight is 365 g/mol. The molecule has 2 aliphatic heterocycles. The molecule has 0 spiro atoms. The standard InChI is InChI=1S/C20H19N3O4/c24-18(12-27-14-5-2-1-3-6-14)21-13-8-9-16-15(11-13)20(26)23-10-4-7-17(23)19(25)22-16/h1-3,5-6,8-9,11,17H,4,7,10,12H2,(H,21,24)(H,22,25)/t17-/m0/s1. The molecule has 7 nitrogen and oxygen atoms in total. The molecule has 1 fully saturated rings. The number of ether oxygens (including phenoxy) is 1. The predicted molar refractivity (Wildman–Crippen MR) is 99.7 cm³/mol. The van der Waals surface area contributed by atoms with Crippen molar-refractivity contribution in [2.24, 2.45) is 0 Å². The lowest BCUT2D eigenvalue weighted by Gasteiger charge is -2.20. The van der Waals surface area contributed by atoms with E-state index in [2.05, 4.69) is 10.6 Å². The van der Waals surface area contributed by atoms with Gasteiger partial charge in [0, 0.05) is 12.2 Å². The van der Waals surface area contributed by atoms with Gasteiger partial charge in [-0.1, -0.05) is 18.2 Å². The van der Waals surface area contributed by atoms with Crippen LogP contribution in [0.25, 0.3) is 0 Å². The molecule has 2 aliphatic rings. The minimum atomic E-state index is -0.415. The molecular formula is C20H19N3O4. The summed E-state index contributed by atoms with van der Waals surface area (Å²) in [7, 11) is 0. The van der Waals surface area contributed by atoms with E-state index >= 15 is 0 Å². The number of hydrogen-bond acceptors (Lipinski definition) is 4. The topological polar surface area (TPSA) is 87.7 Å². The van der Waals surface area contributed by atoms with E-state index in [0.717, 1.165) is 6.42 Å². The van der Waals surface area contributed by atoms with Crippen LogP contribution in [0.4, 0.5) is 11.4 Å². The van der Waals surface area contributed by atoms with Gasteiger partial charge in [-0.15, -0.1) is 0 Å². The van der Waals surface area contributed by atoms with Gasteiger partial charge in [-0.05, 0) is 43.2 Å². The van der Waals surface area contributed by atoms with Crippen LogP contribution in [-0.2, 0) is 9.59 Å². The Balaban J connectivity index is 1.48. The molecule has 2 N–H and O–H groups in total. The number of fused-ring (bicyclic) bond motifs is 2. The summed E-state index contributed by atoms with van der Waals surface area (Å²) < 4.78 is 5.42. The Bertz CT molecular complexity index is 897. The second-order valence-electron chi connectivity index (χ2n) is 6.56. The number of carbonyl (C=O) groups excluding carboxylic acids is 3. The van der Waals surface area contributed by atoms with E-state index < -0.39 is 6.04 Å². The normalized spacial score (nSPS) is 18.2. The van der Waals surface area contributed by atoms with E-state index in [4.69, 9.17) is 4.74 Å². The Morgan fingerprint density at radius 3 is 2.81 bits per heavy atom. The third-order valence-electron chi connectivity index (χ3n) is 4.72. The van der Waals surface area contributed by atoms with Gasteiger partial charge >= 0.3 is 0 Å². The van der Waals surface area contributed by atoms with Gasteiger partial charge in [-0.2, -0.15) is 0 Å². The molecule has 2 aromatic carbocycles. The molecule has 2 heterocycles. The maximum absolute atomic E-state index is 12.8. The zero-order valence-corrected chi connectivity index (χ0v) is 14.6. The lowest BCUT2D eigenvalue weighted by atomic mass is 10.1. The van der Waals surface area contributed by atoms with E-state index in [1.165, 1.54) is 0 Å². The van der Waals surface area contributed by atoms with Crippen LogP contribution >= 0.6 is 0 Å². The van der Waals surface area contributed by atoms with E-state index in [1.807, 2.05) is 18.2 Å². The molecular weight excluding hydrogens is 346 g/mol. The number of rotatable bonds is 4. The molecule has 2 aromatic rings. The largest absolute Gasteiger partial charge is 0.484 e. The highest BCUT2D eigenvalue weighted by atomic mass is 16.5. The minimum absolute atomic E-state index is 0.139. The van der Waals surface area contributed by atoms with Gasteiger partial charge in [0.25, 0.3) is 11.8 Å². The summed E-state index contributed by atoms with van der Waals surface area (Å²) in [6.07, 6.45) is 1.48. The molecule has 7 heteroatoms. The summed E-state index contributed by atoms with van der Waals surface area (Å²) in [6.45, 7) is 0.428. The summed E-state index contributed by atoms with van der Waals surface area (Å²) in [5.41, 5.74) is 1.34. The SMILES string of the molecule is O=C(COc1ccccc1)Nc1ccc2c(c1)C(=O)N1CCC[C@H]1C(=O)N2. The van der Waals surface area contributed by atoms with Crippen LogP contribution < -0.4 is 15.4 Å². The molecule has 1 atom stereocenters. The van der Waals surface area contributed by atoms with Gasteiger partial charge in [-0.25, -0.2) is 0 Å². The molecule has 0 unspecified atom stereocenters. The Morgan fingerprint density at radius 1 is 1.19 bits per heavy atom. The minimum Gasteiger partial charge on any atom is -0.484 e. The fourth-order valence-corrected chi connectivity index (χ4v) is 3.42. The molecule has 0 radical (unpaired) electrons. The summed E-state index contributed by atoms with van der Waals surface area (Å²) in [5.74, 6) is -0.0781. The van der Waals surface area contributed by atoms with Crippen molar-refractivity contribution in [2.75, 3.05) is 23.8 Å². The van der Waals surface area contributed by atoms with Gasteiger partial charge < -0.3 is 20.3 Å². The molecule has 0 aromatic heterocycles. The number of benzene rings is 2. The van der Waals surface area contributed by atoms with Gasteiger partial charge in [0.05, 0.1) is 11.3 Å². The Hall–Kier alpha value is -3.35. The average Bonchev–Trinajstić information content (AvgIpc) is 3.14. The molecule has 4 rings (SSSR count). The first-order valence-corrected chi connectivity index (χ1v) is 8.85. The first-order chi connectivity index (χ1) is 13.1. The summed E-state index contributed by atoms with van der Waals surface area (Å²) in [6, 6.07) is 13.5. The number of anilines is 2. The Kier molecular flexibility index (Phi) is 4.50. The quantitative estimate of drug-likeness (QED) is 0.870. The molecule has 138 valence electrons. The van der Waals surface area contributed by atoms with Crippen LogP contribution in [0.2, 0.25) is 0 Å². The lowest BCUT2D eigenvalue weighted by Crippen LogP contribution is -2.40. The molecule has 0 saturated carbocycles. The smallest absolute Gasteiger partial charge is 0.262 e. The molecule has 1 saturated heterocycles. The monoisotopic (exact) mass is 365 g/mol.